The predicted molar refractivity (Wildman–Crippen MR) is 62.1 cm³/mol. The highest BCUT2D eigenvalue weighted by Gasteiger charge is 2.15. The van der Waals surface area contributed by atoms with Gasteiger partial charge in [-0.3, -0.25) is 4.79 Å². The van der Waals surface area contributed by atoms with Crippen LogP contribution in [0.4, 0.5) is 11.4 Å². The Bertz CT molecular complexity index is 594. The Balaban J connectivity index is 2.29. The van der Waals surface area contributed by atoms with Gasteiger partial charge in [-0.2, -0.15) is 15.4 Å². The van der Waals surface area contributed by atoms with Gasteiger partial charge in [0.2, 0.25) is 0 Å². The minimum Gasteiger partial charge on any atom is -0.478 e. The van der Waals surface area contributed by atoms with Crippen LogP contribution in [0.1, 0.15) is 20.8 Å². The number of carbonyl (C=O) groups excluding carboxylic acids is 1. The smallest absolute Gasteiger partial charge is 0.337 e. The summed E-state index contributed by atoms with van der Waals surface area (Å²) in [5.41, 5.74) is 5.90. The Morgan fingerprint density at radius 3 is 2.78 bits per heavy atom. The molecule has 0 spiro atoms. The molecule has 0 fully saturated rings. The summed E-state index contributed by atoms with van der Waals surface area (Å²) in [6.07, 6.45) is 1.23. The van der Waals surface area contributed by atoms with Gasteiger partial charge in [0.1, 0.15) is 0 Å². The fraction of sp³-hybridized carbons (Fsp3) is 0. The van der Waals surface area contributed by atoms with E-state index in [-0.39, 0.29) is 16.9 Å². The minimum absolute atomic E-state index is 0.0585. The van der Waals surface area contributed by atoms with Crippen LogP contribution in [0.5, 0.6) is 0 Å². The average Bonchev–Trinajstić information content (AvgIpc) is 2.84. The van der Waals surface area contributed by atoms with Crippen molar-refractivity contribution in [2.75, 3.05) is 11.1 Å². The SMILES string of the molecule is Nc1ccc(NC(=O)c2cn[nH]n2)c(C(=O)O)c1. The number of nitrogens with one attached hydrogen (secondary N) is 2. The molecule has 18 heavy (non-hydrogen) atoms. The van der Waals surface area contributed by atoms with Crippen molar-refractivity contribution in [3.8, 4) is 0 Å². The van der Waals surface area contributed by atoms with Gasteiger partial charge < -0.3 is 16.2 Å². The number of H-pyrrole nitrogens is 1. The molecule has 8 nitrogen and oxygen atoms in total. The largest absolute Gasteiger partial charge is 0.478 e. The summed E-state index contributed by atoms with van der Waals surface area (Å²) >= 11 is 0. The van der Waals surface area contributed by atoms with E-state index in [0.29, 0.717) is 5.69 Å². The molecule has 1 aromatic carbocycles. The van der Waals surface area contributed by atoms with Gasteiger partial charge >= 0.3 is 5.97 Å². The Hall–Kier alpha value is -2.90. The van der Waals surface area contributed by atoms with Crippen molar-refractivity contribution >= 4 is 23.3 Å². The van der Waals surface area contributed by atoms with Gasteiger partial charge in [0, 0.05) is 5.69 Å². The van der Waals surface area contributed by atoms with Crippen molar-refractivity contribution in [3.05, 3.63) is 35.7 Å². The summed E-state index contributed by atoms with van der Waals surface area (Å²) in [5.74, 6) is -1.74. The molecule has 2 aromatic rings. The fourth-order valence-electron chi connectivity index (χ4n) is 1.35. The number of benzene rings is 1. The summed E-state index contributed by atoms with van der Waals surface area (Å²) in [4.78, 5) is 22.7. The number of nitrogens with zero attached hydrogens (tertiary/aromatic N) is 2. The van der Waals surface area contributed by atoms with E-state index in [2.05, 4.69) is 20.7 Å². The highest BCUT2D eigenvalue weighted by Crippen LogP contribution is 2.19. The third-order valence-corrected chi connectivity index (χ3v) is 2.17. The van der Waals surface area contributed by atoms with Crippen molar-refractivity contribution in [1.29, 1.82) is 0 Å². The second-order valence-electron chi connectivity index (χ2n) is 3.42. The third-order valence-electron chi connectivity index (χ3n) is 2.17. The van der Waals surface area contributed by atoms with Crippen molar-refractivity contribution in [2.45, 2.75) is 0 Å². The van der Waals surface area contributed by atoms with Gasteiger partial charge in [-0.15, -0.1) is 0 Å². The first kappa shape index (κ1) is 11.6. The molecule has 92 valence electrons. The van der Waals surface area contributed by atoms with Crippen LogP contribution in [0, 0.1) is 0 Å². The molecule has 0 radical (unpaired) electrons. The average molecular weight is 247 g/mol. The minimum atomic E-state index is -1.18. The molecule has 8 heteroatoms. The molecule has 0 aliphatic rings. The number of hydrogen-bond donors (Lipinski definition) is 4. The zero-order valence-electron chi connectivity index (χ0n) is 9.04. The number of carbonyl (C=O) groups is 2. The molecule has 0 saturated heterocycles. The number of amides is 1. The molecule has 1 amide bonds. The second kappa shape index (κ2) is 4.53. The van der Waals surface area contributed by atoms with Crippen molar-refractivity contribution in [3.63, 3.8) is 0 Å². The zero-order valence-corrected chi connectivity index (χ0v) is 9.04. The first-order chi connectivity index (χ1) is 8.58. The van der Waals surface area contributed by atoms with Crippen molar-refractivity contribution in [2.24, 2.45) is 0 Å². The molecule has 0 bridgehead atoms. The lowest BCUT2D eigenvalue weighted by molar-refractivity contribution is 0.0698. The summed E-state index contributed by atoms with van der Waals surface area (Å²) in [5, 5.41) is 20.8. The molecule has 0 aliphatic carbocycles. The number of rotatable bonds is 3. The first-order valence-electron chi connectivity index (χ1n) is 4.88. The lowest BCUT2D eigenvalue weighted by Gasteiger charge is -2.07. The normalized spacial score (nSPS) is 10.0. The topological polar surface area (TPSA) is 134 Å². The zero-order chi connectivity index (χ0) is 13.1. The number of carboxylic acids is 1. The van der Waals surface area contributed by atoms with Crippen LogP contribution in [0.15, 0.2) is 24.4 Å². The number of aromatic amines is 1. The summed E-state index contributed by atoms with van der Waals surface area (Å²) in [6, 6.07) is 4.17. The van der Waals surface area contributed by atoms with E-state index < -0.39 is 11.9 Å². The molecule has 1 heterocycles. The van der Waals surface area contributed by atoms with Gasteiger partial charge in [0.05, 0.1) is 17.4 Å². The van der Waals surface area contributed by atoms with Crippen LogP contribution in [0.3, 0.4) is 0 Å². The number of hydrogen-bond acceptors (Lipinski definition) is 5. The van der Waals surface area contributed by atoms with Gasteiger partial charge in [0.15, 0.2) is 5.69 Å². The monoisotopic (exact) mass is 247 g/mol. The number of aromatic carboxylic acids is 1. The maximum Gasteiger partial charge on any atom is 0.337 e. The second-order valence-corrected chi connectivity index (χ2v) is 3.42. The van der Waals surface area contributed by atoms with Crippen LogP contribution >= 0.6 is 0 Å². The Labute approximate surface area is 101 Å². The molecular weight excluding hydrogens is 238 g/mol. The van der Waals surface area contributed by atoms with Gasteiger partial charge in [-0.25, -0.2) is 4.79 Å². The van der Waals surface area contributed by atoms with Crippen LogP contribution in [0.2, 0.25) is 0 Å². The van der Waals surface area contributed by atoms with Crippen molar-refractivity contribution < 1.29 is 14.7 Å². The maximum absolute atomic E-state index is 11.7. The maximum atomic E-state index is 11.7. The fourth-order valence-corrected chi connectivity index (χ4v) is 1.35. The number of anilines is 2. The molecule has 0 aliphatic heterocycles. The Kier molecular flexibility index (Phi) is 2.92. The Morgan fingerprint density at radius 2 is 2.17 bits per heavy atom. The van der Waals surface area contributed by atoms with E-state index in [0.717, 1.165) is 0 Å². The van der Waals surface area contributed by atoms with Gasteiger partial charge in [-0.05, 0) is 18.2 Å². The quantitative estimate of drug-likeness (QED) is 0.577. The van der Waals surface area contributed by atoms with E-state index in [1.807, 2.05) is 0 Å². The Morgan fingerprint density at radius 1 is 1.39 bits per heavy atom. The third kappa shape index (κ3) is 2.26. The highest BCUT2D eigenvalue weighted by molar-refractivity contribution is 6.06. The summed E-state index contributed by atoms with van der Waals surface area (Å²) < 4.78 is 0. The number of carboxylic acid groups (broad SMARTS) is 1. The van der Waals surface area contributed by atoms with Gasteiger partial charge in [0.25, 0.3) is 5.91 Å². The van der Waals surface area contributed by atoms with Crippen LogP contribution in [0.25, 0.3) is 0 Å². The first-order valence-corrected chi connectivity index (χ1v) is 4.88. The lowest BCUT2D eigenvalue weighted by Crippen LogP contribution is -2.15. The summed E-state index contributed by atoms with van der Waals surface area (Å²) in [7, 11) is 0. The van der Waals surface area contributed by atoms with Gasteiger partial charge in [-0.1, -0.05) is 0 Å². The van der Waals surface area contributed by atoms with E-state index >= 15 is 0 Å². The molecule has 0 saturated carbocycles. The van der Waals surface area contributed by atoms with Crippen molar-refractivity contribution in [1.82, 2.24) is 15.4 Å². The van der Waals surface area contributed by atoms with E-state index in [4.69, 9.17) is 10.8 Å². The molecule has 2 rings (SSSR count). The standard InChI is InChI=1S/C10H9N5O3/c11-5-1-2-7(6(3-5)10(17)18)13-9(16)8-4-12-15-14-8/h1-4H,11H2,(H,13,16)(H,17,18)(H,12,14,15). The number of nitrogen functional groups attached to an aromatic ring is 1. The van der Waals surface area contributed by atoms with Crippen LogP contribution in [-0.4, -0.2) is 32.4 Å². The molecule has 5 N–H and O–H groups in total. The van der Waals surface area contributed by atoms with E-state index in [1.165, 1.54) is 24.4 Å². The molecule has 1 aromatic heterocycles. The van der Waals surface area contributed by atoms with Crippen LogP contribution in [-0.2, 0) is 0 Å². The predicted octanol–water partition coefficient (Wildman–Crippen LogP) is 0.337. The molecular formula is C10H9N5O3. The summed E-state index contributed by atoms with van der Waals surface area (Å²) in [6.45, 7) is 0. The highest BCUT2D eigenvalue weighted by atomic mass is 16.4. The van der Waals surface area contributed by atoms with E-state index in [9.17, 15) is 9.59 Å². The van der Waals surface area contributed by atoms with E-state index in [1.54, 1.807) is 0 Å². The van der Waals surface area contributed by atoms with Crippen LogP contribution < -0.4 is 11.1 Å². The number of aromatic nitrogens is 3. The molecule has 0 unspecified atom stereocenters. The molecule has 0 atom stereocenters. The number of nitrogens with two attached hydrogens (primary N) is 1. The lowest BCUT2D eigenvalue weighted by atomic mass is 10.1.